The minimum atomic E-state index is -5.11. The number of nitrogens with one attached hydrogen (secondary N) is 1. The molecular weight excluding hydrogens is 680 g/mol. The second kappa shape index (κ2) is 15.0. The summed E-state index contributed by atoms with van der Waals surface area (Å²) in [6.45, 7) is 5.24. The van der Waals surface area contributed by atoms with Gasteiger partial charge in [-0.3, -0.25) is 10.1 Å². The number of amides is 1. The molecule has 1 N–H and O–H groups in total. The SMILES string of the molecule is CC(C)(C)OC(=O)NCC(C)(C)OC(F)C(F)C[C@@](CF)(OCc1ccccc1)c1nnc(-c2nc(Cl)c(C(F)(F)F)cc2[N+](=O)[O-])o1. The maximum atomic E-state index is 15.6. The Hall–Kier alpha value is -4.03. The van der Waals surface area contributed by atoms with Crippen LogP contribution in [0.2, 0.25) is 5.15 Å². The van der Waals surface area contributed by atoms with Gasteiger partial charge in [-0.15, -0.1) is 10.2 Å². The van der Waals surface area contributed by atoms with Crippen molar-refractivity contribution in [2.45, 2.75) is 83.2 Å². The summed E-state index contributed by atoms with van der Waals surface area (Å²) >= 11 is 5.64. The third-order valence-corrected chi connectivity index (χ3v) is 6.64. The number of halogens is 7. The first kappa shape index (κ1) is 38.4. The van der Waals surface area contributed by atoms with Gasteiger partial charge in [-0.25, -0.2) is 22.9 Å². The summed E-state index contributed by atoms with van der Waals surface area (Å²) < 4.78 is 107. The molecule has 0 bridgehead atoms. The molecular formula is C29H32ClF6N5O7. The Balaban J connectivity index is 1.94. The second-order valence-electron chi connectivity index (χ2n) is 12.1. The maximum absolute atomic E-state index is 15.6. The van der Waals surface area contributed by atoms with E-state index in [2.05, 4.69) is 20.5 Å². The number of nitro groups is 1. The predicted molar refractivity (Wildman–Crippen MR) is 157 cm³/mol. The fraction of sp³-hybridized carbons (Fsp3) is 0.517. The molecule has 0 radical (unpaired) electrons. The van der Waals surface area contributed by atoms with E-state index in [0.29, 0.717) is 5.56 Å². The Labute approximate surface area is 275 Å². The molecule has 19 heteroatoms. The first-order chi connectivity index (χ1) is 22.2. The summed E-state index contributed by atoms with van der Waals surface area (Å²) in [4.78, 5) is 25.8. The van der Waals surface area contributed by atoms with Crippen molar-refractivity contribution in [3.8, 4) is 11.6 Å². The highest BCUT2D eigenvalue weighted by Gasteiger charge is 2.46. The number of hydrogen-bond donors (Lipinski definition) is 1. The van der Waals surface area contributed by atoms with Crippen molar-refractivity contribution >= 4 is 23.4 Å². The van der Waals surface area contributed by atoms with Gasteiger partial charge in [0.2, 0.25) is 12.1 Å². The van der Waals surface area contributed by atoms with Crippen molar-refractivity contribution in [1.29, 1.82) is 0 Å². The van der Waals surface area contributed by atoms with Gasteiger partial charge in [0, 0.05) is 19.0 Å². The van der Waals surface area contributed by atoms with Crippen molar-refractivity contribution in [1.82, 2.24) is 20.5 Å². The average molecular weight is 712 g/mol. The van der Waals surface area contributed by atoms with Crippen molar-refractivity contribution in [2.24, 2.45) is 0 Å². The number of ether oxygens (including phenoxy) is 3. The highest BCUT2D eigenvalue weighted by Crippen LogP contribution is 2.41. The summed E-state index contributed by atoms with van der Waals surface area (Å²) in [7, 11) is 0. The molecule has 3 aromatic rings. The number of pyridine rings is 1. The van der Waals surface area contributed by atoms with E-state index in [1.54, 1.807) is 51.1 Å². The fourth-order valence-electron chi connectivity index (χ4n) is 4.06. The Morgan fingerprint density at radius 2 is 1.75 bits per heavy atom. The van der Waals surface area contributed by atoms with E-state index in [1.165, 1.54) is 13.8 Å². The molecule has 3 atom stereocenters. The standard InChI is InChI=1S/C29H32ClF6N5O7/c1-26(2,3)48-25(42)37-15-27(4,5)47-22(33)18(32)12-28(14-31,45-13-16-9-7-6-8-10-16)24-40-39-23(46-24)20-19(41(43)44)11-17(21(30)38-20)29(34,35)36/h6-11,18,22H,12-15H2,1-5H3,(H,37,42)/t18?,22?,28-/m0/s1. The minimum absolute atomic E-state index is 0.102. The predicted octanol–water partition coefficient (Wildman–Crippen LogP) is 7.44. The number of nitrogens with zero attached hydrogens (tertiary/aromatic N) is 4. The highest BCUT2D eigenvalue weighted by molar-refractivity contribution is 6.30. The molecule has 0 aliphatic rings. The smallest absolute Gasteiger partial charge is 0.419 e. The minimum Gasteiger partial charge on any atom is -0.444 e. The van der Waals surface area contributed by atoms with Crippen LogP contribution >= 0.6 is 11.6 Å². The van der Waals surface area contributed by atoms with Gasteiger partial charge in [0.15, 0.2) is 11.8 Å². The van der Waals surface area contributed by atoms with Crippen LogP contribution in [-0.4, -0.2) is 63.1 Å². The number of rotatable bonds is 14. The molecule has 0 saturated heterocycles. The molecule has 48 heavy (non-hydrogen) atoms. The van der Waals surface area contributed by atoms with Gasteiger partial charge in [0.05, 0.1) is 22.7 Å². The van der Waals surface area contributed by atoms with Gasteiger partial charge >= 0.3 is 18.0 Å². The van der Waals surface area contributed by atoms with E-state index < -0.39 is 100 Å². The summed E-state index contributed by atoms with van der Waals surface area (Å²) in [6.07, 6.45) is -12.5. The van der Waals surface area contributed by atoms with Crippen LogP contribution < -0.4 is 5.32 Å². The van der Waals surface area contributed by atoms with Gasteiger partial charge in [0.1, 0.15) is 17.4 Å². The number of alkyl halides is 6. The van der Waals surface area contributed by atoms with E-state index in [-0.39, 0.29) is 12.6 Å². The maximum Gasteiger partial charge on any atom is 0.419 e. The van der Waals surface area contributed by atoms with Crippen LogP contribution in [-0.2, 0) is 32.6 Å². The average Bonchev–Trinajstić information content (AvgIpc) is 3.48. The monoisotopic (exact) mass is 711 g/mol. The lowest BCUT2D eigenvalue weighted by molar-refractivity contribution is -0.384. The van der Waals surface area contributed by atoms with Gasteiger partial charge in [-0.2, -0.15) is 13.2 Å². The van der Waals surface area contributed by atoms with Crippen LogP contribution in [0, 0.1) is 10.1 Å². The zero-order chi connectivity index (χ0) is 36.1. The summed E-state index contributed by atoms with van der Waals surface area (Å²) in [5.74, 6) is -1.73. The van der Waals surface area contributed by atoms with Crippen molar-refractivity contribution in [3.63, 3.8) is 0 Å². The molecule has 2 heterocycles. The van der Waals surface area contributed by atoms with E-state index in [1.807, 2.05) is 0 Å². The summed E-state index contributed by atoms with van der Waals surface area (Å²) in [5.41, 5.74) is -8.19. The zero-order valence-electron chi connectivity index (χ0n) is 26.2. The molecule has 3 rings (SSSR count). The van der Waals surface area contributed by atoms with Gasteiger partial charge < -0.3 is 23.9 Å². The molecule has 0 fully saturated rings. The third-order valence-electron chi connectivity index (χ3n) is 6.35. The van der Waals surface area contributed by atoms with Crippen LogP contribution in [0.15, 0.2) is 40.8 Å². The summed E-state index contributed by atoms with van der Waals surface area (Å²) in [6, 6.07) is 8.17. The van der Waals surface area contributed by atoms with Crippen molar-refractivity contribution < 1.29 is 54.7 Å². The Bertz CT molecular complexity index is 1570. The molecule has 2 unspecified atom stereocenters. The normalized spacial score (nSPS) is 15.0. The van der Waals surface area contributed by atoms with Gasteiger partial charge in [-0.05, 0) is 40.2 Å². The van der Waals surface area contributed by atoms with Crippen LogP contribution in [0.25, 0.3) is 11.6 Å². The largest absolute Gasteiger partial charge is 0.444 e. The van der Waals surface area contributed by atoms with Crippen LogP contribution in [0.5, 0.6) is 0 Å². The lowest BCUT2D eigenvalue weighted by Gasteiger charge is -2.33. The zero-order valence-corrected chi connectivity index (χ0v) is 27.0. The van der Waals surface area contributed by atoms with E-state index in [0.717, 1.165) is 0 Å². The first-order valence-electron chi connectivity index (χ1n) is 14.1. The van der Waals surface area contributed by atoms with Gasteiger partial charge in [0.25, 0.3) is 11.8 Å². The highest BCUT2D eigenvalue weighted by atomic mass is 35.5. The van der Waals surface area contributed by atoms with Crippen LogP contribution in [0.1, 0.15) is 58.1 Å². The van der Waals surface area contributed by atoms with Crippen molar-refractivity contribution in [2.75, 3.05) is 13.2 Å². The molecule has 12 nitrogen and oxygen atoms in total. The third kappa shape index (κ3) is 10.2. The molecule has 0 spiro atoms. The fourth-order valence-corrected chi connectivity index (χ4v) is 4.31. The summed E-state index contributed by atoms with van der Waals surface area (Å²) in [5, 5.41) is 20.0. The Kier molecular flexibility index (Phi) is 12.0. The quantitative estimate of drug-likeness (QED) is 0.0773. The van der Waals surface area contributed by atoms with E-state index in [4.69, 9.17) is 30.2 Å². The van der Waals surface area contributed by atoms with E-state index >= 15 is 8.78 Å². The molecule has 264 valence electrons. The lowest BCUT2D eigenvalue weighted by Crippen LogP contribution is -2.46. The lowest BCUT2D eigenvalue weighted by atomic mass is 9.97. The number of benzene rings is 1. The molecule has 0 saturated carbocycles. The molecule has 0 aliphatic heterocycles. The van der Waals surface area contributed by atoms with E-state index in [9.17, 15) is 32.5 Å². The topological polar surface area (TPSA) is 152 Å². The molecule has 0 aliphatic carbocycles. The Morgan fingerprint density at radius 1 is 1.10 bits per heavy atom. The second-order valence-corrected chi connectivity index (χ2v) is 12.4. The van der Waals surface area contributed by atoms with Crippen LogP contribution in [0.3, 0.4) is 0 Å². The number of aromatic nitrogens is 3. The number of hydrogen-bond acceptors (Lipinski definition) is 10. The number of carbonyl (C=O) groups is 1. The first-order valence-corrected chi connectivity index (χ1v) is 14.5. The Morgan fingerprint density at radius 3 is 2.31 bits per heavy atom. The van der Waals surface area contributed by atoms with Crippen LogP contribution in [0.4, 0.5) is 36.8 Å². The van der Waals surface area contributed by atoms with Crippen molar-refractivity contribution in [3.05, 3.63) is 68.7 Å². The molecule has 2 aromatic heterocycles. The molecule has 1 amide bonds. The number of alkyl carbamates (subject to hydrolysis) is 1. The molecule has 1 aromatic carbocycles. The van der Waals surface area contributed by atoms with Gasteiger partial charge in [-0.1, -0.05) is 41.9 Å². The number of carbonyl (C=O) groups excluding carboxylic acids is 1.